The fourth-order valence-electron chi connectivity index (χ4n) is 2.18. The molecule has 0 unspecified atom stereocenters. The molecule has 2 aliphatic heterocycles. The largest absolute Gasteiger partial charge is 0.383 e. The Morgan fingerprint density at radius 1 is 1.24 bits per heavy atom. The number of para-hydroxylation sites is 1. The summed E-state index contributed by atoms with van der Waals surface area (Å²) in [7, 11) is 0. The summed E-state index contributed by atoms with van der Waals surface area (Å²) in [5.74, 6) is 0.208. The zero-order valence-corrected chi connectivity index (χ0v) is 10.9. The van der Waals surface area contributed by atoms with E-state index in [-0.39, 0.29) is 11.4 Å². The lowest BCUT2D eigenvalue weighted by atomic mass is 10.0. The van der Waals surface area contributed by atoms with Crippen molar-refractivity contribution in [1.29, 1.82) is 10.5 Å². The van der Waals surface area contributed by atoms with Gasteiger partial charge in [-0.15, -0.1) is 0 Å². The van der Waals surface area contributed by atoms with Crippen molar-refractivity contribution in [3.8, 4) is 12.1 Å². The van der Waals surface area contributed by atoms with Crippen LogP contribution >= 0.6 is 0 Å². The minimum atomic E-state index is 0.208. The molecule has 2 aliphatic rings. The Kier molecular flexibility index (Phi) is 2.91. The molecule has 0 spiro atoms. The number of fused-ring (bicyclic) bond motifs is 1. The van der Waals surface area contributed by atoms with Gasteiger partial charge in [-0.05, 0) is 12.1 Å². The predicted octanol–water partition coefficient (Wildman–Crippen LogP) is 1.37. The zero-order chi connectivity index (χ0) is 14.8. The molecule has 100 valence electrons. The summed E-state index contributed by atoms with van der Waals surface area (Å²) >= 11 is 0. The molecule has 6 heteroatoms. The molecule has 2 heterocycles. The van der Waals surface area contributed by atoms with Crippen molar-refractivity contribution in [2.45, 2.75) is 0 Å². The Labute approximate surface area is 121 Å². The third-order valence-electron chi connectivity index (χ3n) is 3.20. The highest BCUT2D eigenvalue weighted by Crippen LogP contribution is 2.32. The summed E-state index contributed by atoms with van der Waals surface area (Å²) in [4.78, 5) is 4.29. The van der Waals surface area contributed by atoms with Crippen molar-refractivity contribution in [3.05, 3.63) is 58.6 Å². The van der Waals surface area contributed by atoms with Crippen LogP contribution in [0.3, 0.4) is 0 Å². The fraction of sp³-hybridized carbons (Fsp3) is 0. The van der Waals surface area contributed by atoms with Gasteiger partial charge in [0.1, 0.15) is 23.5 Å². The van der Waals surface area contributed by atoms with Crippen LogP contribution < -0.4 is 16.6 Å². The summed E-state index contributed by atoms with van der Waals surface area (Å²) in [5.41, 5.74) is 14.6. The number of hydrogen-bond donors (Lipinski definition) is 3. The number of aliphatic imine (C=N–C) groups is 1. The second-order valence-corrected chi connectivity index (χ2v) is 4.43. The van der Waals surface area contributed by atoms with Crippen molar-refractivity contribution < 1.29 is 0 Å². The first-order valence-corrected chi connectivity index (χ1v) is 6.16. The zero-order valence-electron chi connectivity index (χ0n) is 10.9. The Morgan fingerprint density at radius 2 is 2.05 bits per heavy atom. The molecular formula is C15H10N6. The summed E-state index contributed by atoms with van der Waals surface area (Å²) in [5, 5.41) is 18.5. The number of hydrogen-bond acceptors (Lipinski definition) is 6. The van der Waals surface area contributed by atoms with Crippen molar-refractivity contribution in [2.75, 3.05) is 0 Å². The van der Waals surface area contributed by atoms with Gasteiger partial charge in [-0.2, -0.15) is 10.5 Å². The van der Waals surface area contributed by atoms with Crippen LogP contribution in [-0.4, -0.2) is 6.21 Å². The van der Waals surface area contributed by atoms with Crippen molar-refractivity contribution in [1.82, 2.24) is 10.9 Å². The van der Waals surface area contributed by atoms with Crippen LogP contribution in [0.1, 0.15) is 5.56 Å². The number of nitriles is 2. The SMILES string of the molecule is N#CC(C=C1C=Nc2ccccc21)=C1NNC(N)=C1C#N. The van der Waals surface area contributed by atoms with E-state index in [4.69, 9.17) is 11.0 Å². The van der Waals surface area contributed by atoms with Gasteiger partial charge in [0.25, 0.3) is 0 Å². The molecule has 3 rings (SSSR count). The topological polar surface area (TPSA) is 110 Å². The minimum absolute atomic E-state index is 0.208. The van der Waals surface area contributed by atoms with Gasteiger partial charge in [-0.3, -0.25) is 15.8 Å². The molecule has 0 saturated heterocycles. The van der Waals surface area contributed by atoms with E-state index < -0.39 is 0 Å². The Bertz CT molecular complexity index is 826. The summed E-state index contributed by atoms with van der Waals surface area (Å²) < 4.78 is 0. The van der Waals surface area contributed by atoms with Gasteiger partial charge in [0.2, 0.25) is 0 Å². The number of hydrazine groups is 1. The Hall–Kier alpha value is -3.51. The maximum atomic E-state index is 9.36. The lowest BCUT2D eigenvalue weighted by Gasteiger charge is -2.03. The number of nitrogens with two attached hydrogens (primary N) is 1. The first-order valence-electron chi connectivity index (χ1n) is 6.16. The predicted molar refractivity (Wildman–Crippen MR) is 78.3 cm³/mol. The molecule has 0 aliphatic carbocycles. The number of allylic oxidation sites excluding steroid dienone is 4. The molecule has 6 nitrogen and oxygen atoms in total. The van der Waals surface area contributed by atoms with Crippen molar-refractivity contribution >= 4 is 17.5 Å². The number of nitrogens with one attached hydrogen (secondary N) is 2. The molecule has 0 radical (unpaired) electrons. The average molecular weight is 274 g/mol. The van der Waals surface area contributed by atoms with Crippen molar-refractivity contribution in [2.24, 2.45) is 10.7 Å². The highest BCUT2D eigenvalue weighted by molar-refractivity contribution is 6.17. The molecule has 0 bridgehead atoms. The second kappa shape index (κ2) is 4.87. The van der Waals surface area contributed by atoms with Gasteiger partial charge >= 0.3 is 0 Å². The van der Waals surface area contributed by atoms with E-state index >= 15 is 0 Å². The molecule has 0 amide bonds. The lowest BCUT2D eigenvalue weighted by molar-refractivity contribution is 0.739. The van der Waals surface area contributed by atoms with E-state index in [0.717, 1.165) is 16.8 Å². The van der Waals surface area contributed by atoms with E-state index in [1.807, 2.05) is 30.3 Å². The lowest BCUT2D eigenvalue weighted by Crippen LogP contribution is -2.26. The minimum Gasteiger partial charge on any atom is -0.383 e. The Balaban J connectivity index is 2.10. The number of rotatable bonds is 1. The van der Waals surface area contributed by atoms with Gasteiger partial charge in [-0.1, -0.05) is 18.2 Å². The molecule has 0 atom stereocenters. The smallest absolute Gasteiger partial charge is 0.135 e. The monoisotopic (exact) mass is 274 g/mol. The van der Waals surface area contributed by atoms with Crippen molar-refractivity contribution in [3.63, 3.8) is 0 Å². The molecule has 4 N–H and O–H groups in total. The van der Waals surface area contributed by atoms with Gasteiger partial charge in [0.05, 0.1) is 17.0 Å². The molecule has 1 aromatic rings. The molecule has 0 aromatic heterocycles. The number of benzene rings is 1. The van der Waals surface area contributed by atoms with Crippen LogP contribution in [0.25, 0.3) is 5.57 Å². The van der Waals surface area contributed by atoms with Crippen LogP contribution in [0.4, 0.5) is 5.69 Å². The van der Waals surface area contributed by atoms with E-state index in [1.165, 1.54) is 0 Å². The average Bonchev–Trinajstić information content (AvgIpc) is 3.08. The third-order valence-corrected chi connectivity index (χ3v) is 3.20. The standard InChI is InChI=1S/C15H10N6/c16-6-9(14-12(7-17)15(18)21-20-14)5-10-8-19-13-4-2-1-3-11(10)13/h1-5,8,20-21H,18H2. The van der Waals surface area contributed by atoms with Crippen LogP contribution in [0.15, 0.2) is 58.0 Å². The molecule has 1 aromatic carbocycles. The quantitative estimate of drug-likeness (QED) is 0.670. The normalized spacial score (nSPS) is 19.6. The van der Waals surface area contributed by atoms with Gasteiger partial charge in [0.15, 0.2) is 0 Å². The fourth-order valence-corrected chi connectivity index (χ4v) is 2.18. The first-order chi connectivity index (χ1) is 10.2. The van der Waals surface area contributed by atoms with Crippen LogP contribution in [0.5, 0.6) is 0 Å². The summed E-state index contributed by atoms with van der Waals surface area (Å²) in [6, 6.07) is 11.7. The maximum Gasteiger partial charge on any atom is 0.135 e. The van der Waals surface area contributed by atoms with E-state index in [1.54, 1.807) is 12.3 Å². The molecule has 21 heavy (non-hydrogen) atoms. The van der Waals surface area contributed by atoms with Gasteiger partial charge in [0, 0.05) is 17.4 Å². The molecule has 0 saturated carbocycles. The molecular weight excluding hydrogens is 264 g/mol. The van der Waals surface area contributed by atoms with E-state index in [0.29, 0.717) is 11.3 Å². The van der Waals surface area contributed by atoms with Gasteiger partial charge < -0.3 is 5.73 Å². The van der Waals surface area contributed by atoms with Crippen LogP contribution in [0, 0.1) is 22.7 Å². The second-order valence-electron chi connectivity index (χ2n) is 4.43. The van der Waals surface area contributed by atoms with E-state index in [2.05, 4.69) is 21.9 Å². The molecule has 0 fully saturated rings. The third kappa shape index (κ3) is 2.01. The summed E-state index contributed by atoms with van der Waals surface area (Å²) in [6.45, 7) is 0. The highest BCUT2D eigenvalue weighted by atomic mass is 15.4. The van der Waals surface area contributed by atoms with Crippen LogP contribution in [-0.2, 0) is 0 Å². The summed E-state index contributed by atoms with van der Waals surface area (Å²) in [6.07, 6.45) is 3.39. The number of nitrogens with zero attached hydrogens (tertiary/aromatic N) is 3. The Morgan fingerprint density at radius 3 is 2.81 bits per heavy atom. The first kappa shape index (κ1) is 12.5. The highest BCUT2D eigenvalue weighted by Gasteiger charge is 2.21. The van der Waals surface area contributed by atoms with Gasteiger partial charge in [-0.25, -0.2) is 0 Å². The van der Waals surface area contributed by atoms with Crippen LogP contribution in [0.2, 0.25) is 0 Å². The maximum absolute atomic E-state index is 9.36. The van der Waals surface area contributed by atoms with E-state index in [9.17, 15) is 5.26 Å².